The summed E-state index contributed by atoms with van der Waals surface area (Å²) in [6.07, 6.45) is 4.05. The van der Waals surface area contributed by atoms with E-state index in [4.69, 9.17) is 9.97 Å². The molecule has 30 heavy (non-hydrogen) atoms. The standard InChI is InChI=1S/C23H22N4OS2/c28-23(26-13-5-9-17(26)21-24-15-7-1-3-11-19(15)29-21)27-14-6-10-18(27)22-25-16-8-2-4-12-20(16)30-22/h1-4,7-8,11-12,17-18H,5-6,9-10,13-14H2/t17-,18-/m0/s1. The van der Waals surface area contributed by atoms with Crippen molar-refractivity contribution in [3.63, 3.8) is 0 Å². The zero-order chi connectivity index (χ0) is 20.1. The average molecular weight is 435 g/mol. The summed E-state index contributed by atoms with van der Waals surface area (Å²) < 4.78 is 2.39. The van der Waals surface area contributed by atoms with Crippen LogP contribution in [0.3, 0.4) is 0 Å². The van der Waals surface area contributed by atoms with E-state index in [-0.39, 0.29) is 18.1 Å². The summed E-state index contributed by atoms with van der Waals surface area (Å²) in [7, 11) is 0. The first-order chi connectivity index (χ1) is 14.8. The van der Waals surface area contributed by atoms with Crippen molar-refractivity contribution in [2.75, 3.05) is 13.1 Å². The summed E-state index contributed by atoms with van der Waals surface area (Å²) >= 11 is 3.45. The summed E-state index contributed by atoms with van der Waals surface area (Å²) in [5.41, 5.74) is 2.07. The third kappa shape index (κ3) is 2.99. The van der Waals surface area contributed by atoms with Crippen LogP contribution < -0.4 is 0 Å². The quantitative estimate of drug-likeness (QED) is 0.389. The Hall–Kier alpha value is -2.51. The van der Waals surface area contributed by atoms with Gasteiger partial charge in [-0.2, -0.15) is 0 Å². The minimum Gasteiger partial charge on any atom is -0.315 e. The molecule has 4 heterocycles. The lowest BCUT2D eigenvalue weighted by molar-refractivity contribution is 0.143. The average Bonchev–Trinajstić information content (AvgIpc) is 3.56. The Labute approximate surface area is 183 Å². The van der Waals surface area contributed by atoms with E-state index in [0.717, 1.165) is 59.8 Å². The van der Waals surface area contributed by atoms with Crippen molar-refractivity contribution in [1.29, 1.82) is 0 Å². The molecular formula is C23H22N4OS2. The van der Waals surface area contributed by atoms with Crippen LogP contribution in [-0.4, -0.2) is 38.9 Å². The van der Waals surface area contributed by atoms with Crippen LogP contribution in [0, 0.1) is 0 Å². The largest absolute Gasteiger partial charge is 0.321 e. The molecule has 0 aliphatic carbocycles. The minimum atomic E-state index is 0.0894. The van der Waals surface area contributed by atoms with Crippen LogP contribution in [0.4, 0.5) is 4.79 Å². The molecule has 2 fully saturated rings. The van der Waals surface area contributed by atoms with Gasteiger partial charge in [-0.3, -0.25) is 0 Å². The van der Waals surface area contributed by atoms with Crippen LogP contribution in [0.25, 0.3) is 20.4 Å². The number of benzene rings is 2. The van der Waals surface area contributed by atoms with Crippen molar-refractivity contribution < 1.29 is 4.79 Å². The van der Waals surface area contributed by atoms with Crippen molar-refractivity contribution in [3.8, 4) is 0 Å². The van der Waals surface area contributed by atoms with Gasteiger partial charge in [-0.25, -0.2) is 14.8 Å². The van der Waals surface area contributed by atoms with Gasteiger partial charge in [0.05, 0.1) is 32.5 Å². The van der Waals surface area contributed by atoms with E-state index in [1.165, 1.54) is 9.40 Å². The lowest BCUT2D eigenvalue weighted by Crippen LogP contribution is -2.42. The highest BCUT2D eigenvalue weighted by atomic mass is 32.1. The molecule has 6 rings (SSSR count). The number of carbonyl (C=O) groups is 1. The molecule has 0 spiro atoms. The summed E-state index contributed by atoms with van der Waals surface area (Å²) in [4.78, 5) is 27.5. The Kier molecular flexibility index (Phi) is 4.46. The number of thiazole rings is 2. The summed E-state index contributed by atoms with van der Waals surface area (Å²) in [5.74, 6) is 0. The van der Waals surface area contributed by atoms with Crippen LogP contribution in [0.2, 0.25) is 0 Å². The van der Waals surface area contributed by atoms with Gasteiger partial charge < -0.3 is 9.80 Å². The van der Waals surface area contributed by atoms with Crippen molar-refractivity contribution in [2.45, 2.75) is 37.8 Å². The predicted octanol–water partition coefficient (Wildman–Crippen LogP) is 6.00. The molecule has 4 aromatic rings. The highest BCUT2D eigenvalue weighted by Gasteiger charge is 2.39. The fourth-order valence-electron chi connectivity index (χ4n) is 4.73. The Morgan fingerprint density at radius 1 is 0.767 bits per heavy atom. The normalized spacial score (nSPS) is 21.9. The SMILES string of the molecule is O=C(N1CCC[C@H]1c1nc2ccccc2s1)N1CCC[C@H]1c1nc2ccccc2s1. The van der Waals surface area contributed by atoms with E-state index in [0.29, 0.717) is 0 Å². The number of nitrogens with zero attached hydrogens (tertiary/aromatic N) is 4. The summed E-state index contributed by atoms with van der Waals surface area (Å²) in [6, 6.07) is 16.8. The molecule has 2 atom stereocenters. The van der Waals surface area contributed by atoms with Gasteiger partial charge >= 0.3 is 6.03 Å². The van der Waals surface area contributed by atoms with Crippen molar-refractivity contribution in [2.24, 2.45) is 0 Å². The number of rotatable bonds is 2. The molecule has 0 saturated carbocycles. The van der Waals surface area contributed by atoms with Crippen molar-refractivity contribution in [3.05, 3.63) is 58.5 Å². The first-order valence-corrected chi connectivity index (χ1v) is 12.2. The molecule has 0 N–H and O–H groups in total. The lowest BCUT2D eigenvalue weighted by Gasteiger charge is -2.31. The molecule has 2 amide bonds. The number of carbonyl (C=O) groups excluding carboxylic acids is 1. The van der Waals surface area contributed by atoms with Gasteiger partial charge in [-0.05, 0) is 49.9 Å². The molecule has 2 aromatic heterocycles. The van der Waals surface area contributed by atoms with E-state index >= 15 is 0 Å². The van der Waals surface area contributed by atoms with E-state index < -0.39 is 0 Å². The molecule has 0 bridgehead atoms. The lowest BCUT2D eigenvalue weighted by atomic mass is 10.2. The molecule has 2 aliphatic heterocycles. The van der Waals surface area contributed by atoms with Gasteiger partial charge in [0, 0.05) is 13.1 Å². The molecule has 0 unspecified atom stereocenters. The summed E-state index contributed by atoms with van der Waals surface area (Å²) in [5, 5.41) is 2.13. The molecule has 2 aliphatic rings. The van der Waals surface area contributed by atoms with Gasteiger partial charge in [-0.1, -0.05) is 24.3 Å². The van der Waals surface area contributed by atoms with Gasteiger partial charge in [-0.15, -0.1) is 22.7 Å². The molecule has 2 aromatic carbocycles. The Bertz CT molecular complexity index is 1070. The number of amides is 2. The van der Waals surface area contributed by atoms with Gasteiger partial charge in [0.15, 0.2) is 0 Å². The van der Waals surface area contributed by atoms with Crippen LogP contribution >= 0.6 is 22.7 Å². The monoisotopic (exact) mass is 434 g/mol. The maximum absolute atomic E-state index is 13.7. The molecule has 0 radical (unpaired) electrons. The molecular weight excluding hydrogens is 412 g/mol. The van der Waals surface area contributed by atoms with E-state index in [9.17, 15) is 4.79 Å². The second-order valence-corrected chi connectivity index (χ2v) is 10.1. The van der Waals surface area contributed by atoms with Crippen LogP contribution in [-0.2, 0) is 0 Å². The van der Waals surface area contributed by atoms with Gasteiger partial charge in [0.1, 0.15) is 10.0 Å². The number of para-hydroxylation sites is 2. The van der Waals surface area contributed by atoms with Crippen LogP contribution in [0.15, 0.2) is 48.5 Å². The Morgan fingerprint density at radius 2 is 1.23 bits per heavy atom. The number of urea groups is 1. The third-order valence-corrected chi connectivity index (χ3v) is 8.46. The molecule has 2 saturated heterocycles. The Balaban J connectivity index is 1.29. The predicted molar refractivity (Wildman–Crippen MR) is 122 cm³/mol. The Morgan fingerprint density at radius 3 is 1.70 bits per heavy atom. The second-order valence-electron chi connectivity index (χ2n) is 8.03. The maximum Gasteiger partial charge on any atom is 0.321 e. The van der Waals surface area contributed by atoms with Crippen molar-refractivity contribution >= 4 is 49.1 Å². The zero-order valence-corrected chi connectivity index (χ0v) is 18.2. The van der Waals surface area contributed by atoms with E-state index in [2.05, 4.69) is 46.2 Å². The number of likely N-dealkylation sites (tertiary alicyclic amines) is 2. The smallest absolute Gasteiger partial charge is 0.315 e. The van der Waals surface area contributed by atoms with Crippen molar-refractivity contribution in [1.82, 2.24) is 19.8 Å². The maximum atomic E-state index is 13.7. The fraction of sp³-hybridized carbons (Fsp3) is 0.348. The highest BCUT2D eigenvalue weighted by molar-refractivity contribution is 7.19. The van der Waals surface area contributed by atoms with Gasteiger partial charge in [0.25, 0.3) is 0 Å². The zero-order valence-electron chi connectivity index (χ0n) is 16.5. The first kappa shape index (κ1) is 18.3. The van der Waals surface area contributed by atoms with E-state index in [1.54, 1.807) is 22.7 Å². The highest BCUT2D eigenvalue weighted by Crippen LogP contribution is 2.41. The van der Waals surface area contributed by atoms with Gasteiger partial charge in [0.2, 0.25) is 0 Å². The number of fused-ring (bicyclic) bond motifs is 2. The second kappa shape index (κ2) is 7.32. The number of hydrogen-bond donors (Lipinski definition) is 0. The number of aromatic nitrogens is 2. The van der Waals surface area contributed by atoms with Crippen LogP contribution in [0.5, 0.6) is 0 Å². The van der Waals surface area contributed by atoms with E-state index in [1.807, 2.05) is 12.1 Å². The summed E-state index contributed by atoms with van der Waals surface area (Å²) in [6.45, 7) is 1.62. The molecule has 152 valence electrons. The topological polar surface area (TPSA) is 49.3 Å². The minimum absolute atomic E-state index is 0.0894. The third-order valence-electron chi connectivity index (χ3n) is 6.19. The molecule has 7 heteroatoms. The first-order valence-electron chi connectivity index (χ1n) is 10.6. The fourth-order valence-corrected chi connectivity index (χ4v) is 6.97. The van der Waals surface area contributed by atoms with Crippen LogP contribution in [0.1, 0.15) is 47.8 Å². The number of hydrogen-bond acceptors (Lipinski definition) is 5. The molecule has 5 nitrogen and oxygen atoms in total.